The lowest BCUT2D eigenvalue weighted by atomic mass is 9.94. The van der Waals surface area contributed by atoms with Crippen molar-refractivity contribution in [3.63, 3.8) is 0 Å². The molecule has 0 heterocycles. The van der Waals surface area contributed by atoms with E-state index < -0.39 is 40.2 Å². The topological polar surface area (TPSA) is 0 Å². The summed E-state index contributed by atoms with van der Waals surface area (Å²) < 4.78 is 142. The second-order valence-electron chi connectivity index (χ2n) is 8.05. The van der Waals surface area contributed by atoms with Crippen LogP contribution in [0.25, 0.3) is 0 Å². The molecule has 0 aromatic rings. The molecule has 0 aromatic heterocycles. The summed E-state index contributed by atoms with van der Waals surface area (Å²) in [6.07, 6.45) is 1.32. The maximum Gasteiger partial charge on any atom is 0.460 e. The number of alkyl halides is 12. The Labute approximate surface area is 195 Å². The van der Waals surface area contributed by atoms with Gasteiger partial charge in [0.2, 0.25) is 0 Å². The summed E-state index contributed by atoms with van der Waals surface area (Å²) in [7, 11) is 0. The van der Waals surface area contributed by atoms with Crippen LogP contribution < -0.4 is 0 Å². The summed E-state index contributed by atoms with van der Waals surface area (Å²) in [6.45, 7) is 2.12. The third-order valence-electron chi connectivity index (χ3n) is 5.20. The molecule has 0 spiro atoms. The second-order valence-corrected chi connectivity index (χ2v) is 9.81. The van der Waals surface area contributed by atoms with Gasteiger partial charge in [-0.2, -0.15) is 48.3 Å². The van der Waals surface area contributed by atoms with Gasteiger partial charge in [-0.15, -0.1) is 0 Å². The number of hydrogen-bond donors (Lipinski definition) is 0. The van der Waals surface area contributed by atoms with Crippen molar-refractivity contribution in [2.75, 3.05) is 0 Å². The molecule has 0 bridgehead atoms. The maximum absolute atomic E-state index is 13.8. The lowest BCUT2D eigenvalue weighted by Crippen LogP contribution is -2.66. The summed E-state index contributed by atoms with van der Waals surface area (Å²) in [4.78, 5) is 0. The van der Waals surface area contributed by atoms with Crippen molar-refractivity contribution >= 4 is 22.6 Å². The van der Waals surface area contributed by atoms with Gasteiger partial charge in [-0.1, -0.05) is 100 Å². The zero-order valence-corrected chi connectivity index (χ0v) is 20.0. The largest absolute Gasteiger partial charge is 0.460 e. The van der Waals surface area contributed by atoms with Crippen LogP contribution in [0.3, 0.4) is 0 Å². The van der Waals surface area contributed by atoms with E-state index in [0.717, 1.165) is 44.9 Å². The predicted octanol–water partition coefficient (Wildman–Crippen LogP) is 9.98. The van der Waals surface area contributed by atoms with Gasteiger partial charge in [-0.3, -0.25) is 0 Å². The number of rotatable bonds is 17. The van der Waals surface area contributed by atoms with Gasteiger partial charge in [-0.05, 0) is 6.42 Å². The summed E-state index contributed by atoms with van der Waals surface area (Å²) >= 11 is 1.29. The third-order valence-corrected chi connectivity index (χ3v) is 6.27. The van der Waals surface area contributed by atoms with Crippen LogP contribution in [0.1, 0.15) is 90.4 Å². The zero-order chi connectivity index (χ0) is 25.3. The van der Waals surface area contributed by atoms with Gasteiger partial charge >= 0.3 is 29.9 Å². The molecule has 0 aliphatic heterocycles. The van der Waals surface area contributed by atoms with E-state index in [2.05, 4.69) is 6.92 Å². The lowest BCUT2D eigenvalue weighted by molar-refractivity contribution is -0.422. The van der Waals surface area contributed by atoms with Crippen molar-refractivity contribution in [2.45, 2.75) is 124 Å². The molecule has 0 aromatic carbocycles. The fourth-order valence-electron chi connectivity index (χ4n) is 3.14. The van der Waals surface area contributed by atoms with Crippen molar-refractivity contribution < 1.29 is 48.3 Å². The van der Waals surface area contributed by atoms with Crippen molar-refractivity contribution in [3.8, 4) is 0 Å². The third kappa shape index (κ3) is 8.63. The first-order valence-corrected chi connectivity index (χ1v) is 11.9. The van der Waals surface area contributed by atoms with Crippen LogP contribution in [0.4, 0.5) is 48.3 Å². The number of halogens is 12. The average molecular weight is 606 g/mol. The van der Waals surface area contributed by atoms with Crippen LogP contribution in [-0.4, -0.2) is 33.8 Å². The lowest BCUT2D eigenvalue weighted by Gasteiger charge is -2.37. The van der Waals surface area contributed by atoms with E-state index in [1.54, 1.807) is 0 Å². The first-order valence-electron chi connectivity index (χ1n) is 10.7. The van der Waals surface area contributed by atoms with E-state index in [9.17, 15) is 48.3 Å². The molecule has 0 aliphatic rings. The fourth-order valence-corrected chi connectivity index (χ4v) is 4.14. The van der Waals surface area contributed by atoms with Crippen LogP contribution in [0.15, 0.2) is 0 Å². The van der Waals surface area contributed by atoms with E-state index >= 15 is 0 Å². The smallest absolute Gasteiger partial charge is 0.200 e. The van der Waals surface area contributed by atoms with Crippen LogP contribution in [0.5, 0.6) is 0 Å². The first-order chi connectivity index (χ1) is 14.5. The predicted molar refractivity (Wildman–Crippen MR) is 109 cm³/mol. The molecule has 0 nitrogen and oxygen atoms in total. The standard InChI is InChI=1S/C20H30F11I/c1-2-3-4-5-6-7-8-9-10-11-12-13-15(32)14-16(21,22)17(23,24)18(25,26)19(27,28)20(29,30)31/h15H,2-14H2,1H3. The van der Waals surface area contributed by atoms with Crippen LogP contribution in [-0.2, 0) is 0 Å². The molecule has 32 heavy (non-hydrogen) atoms. The Kier molecular flexibility index (Phi) is 13.1. The fraction of sp³-hybridized carbons (Fsp3) is 1.00. The minimum Gasteiger partial charge on any atom is -0.200 e. The minimum absolute atomic E-state index is 0.0789. The van der Waals surface area contributed by atoms with Gasteiger partial charge in [0.05, 0.1) is 0 Å². The van der Waals surface area contributed by atoms with Gasteiger partial charge in [0.25, 0.3) is 0 Å². The molecular formula is C20H30F11I. The highest BCUT2D eigenvalue weighted by Gasteiger charge is 2.86. The summed E-state index contributed by atoms with van der Waals surface area (Å²) in [5, 5.41) is 0. The van der Waals surface area contributed by atoms with Crippen LogP contribution in [0, 0.1) is 0 Å². The Hall–Kier alpha value is -0.0400. The normalized spacial score (nSPS) is 15.3. The molecule has 12 heteroatoms. The monoisotopic (exact) mass is 606 g/mol. The van der Waals surface area contributed by atoms with Crippen molar-refractivity contribution in [1.82, 2.24) is 0 Å². The van der Waals surface area contributed by atoms with Gasteiger partial charge in [-0.25, -0.2) is 0 Å². The minimum atomic E-state index is -7.32. The van der Waals surface area contributed by atoms with Crippen LogP contribution >= 0.6 is 22.6 Å². The molecule has 0 radical (unpaired) electrons. The molecule has 0 rings (SSSR count). The highest BCUT2D eigenvalue weighted by Crippen LogP contribution is 2.58. The van der Waals surface area contributed by atoms with E-state index in [1.165, 1.54) is 35.4 Å². The van der Waals surface area contributed by atoms with Gasteiger partial charge in [0.1, 0.15) is 0 Å². The zero-order valence-electron chi connectivity index (χ0n) is 17.8. The molecule has 0 N–H and O–H groups in total. The molecule has 0 saturated heterocycles. The van der Waals surface area contributed by atoms with Crippen molar-refractivity contribution in [1.29, 1.82) is 0 Å². The van der Waals surface area contributed by atoms with E-state index in [1.807, 2.05) is 0 Å². The molecule has 1 unspecified atom stereocenters. The highest BCUT2D eigenvalue weighted by molar-refractivity contribution is 14.1. The second kappa shape index (κ2) is 13.2. The molecular weight excluding hydrogens is 576 g/mol. The first kappa shape index (κ1) is 32.0. The molecule has 0 saturated carbocycles. The van der Waals surface area contributed by atoms with Gasteiger partial charge in [0, 0.05) is 10.3 Å². The molecule has 194 valence electrons. The Morgan fingerprint density at radius 3 is 1.28 bits per heavy atom. The summed E-state index contributed by atoms with van der Waals surface area (Å²) in [5.74, 6) is -27.3. The SMILES string of the molecule is CCCCCCCCCCCCCC(I)CC(F)(F)C(F)(F)C(F)(F)C(F)(F)C(F)(F)F. The molecule has 1 atom stereocenters. The van der Waals surface area contributed by atoms with Crippen molar-refractivity contribution in [3.05, 3.63) is 0 Å². The summed E-state index contributed by atoms with van der Waals surface area (Å²) in [5.41, 5.74) is 0. The quantitative estimate of drug-likeness (QED) is 0.0670. The Balaban J connectivity index is 4.50. The Morgan fingerprint density at radius 1 is 0.531 bits per heavy atom. The van der Waals surface area contributed by atoms with Crippen molar-refractivity contribution in [2.24, 2.45) is 0 Å². The van der Waals surface area contributed by atoms with E-state index in [0.29, 0.717) is 12.8 Å². The van der Waals surface area contributed by atoms with Gasteiger partial charge < -0.3 is 0 Å². The van der Waals surface area contributed by atoms with Crippen LogP contribution in [0.2, 0.25) is 0 Å². The summed E-state index contributed by atoms with van der Waals surface area (Å²) in [6, 6.07) is 0. The van der Waals surface area contributed by atoms with E-state index in [4.69, 9.17) is 0 Å². The molecule has 0 amide bonds. The Bertz CT molecular complexity index is 518. The number of hydrogen-bond acceptors (Lipinski definition) is 0. The molecule has 0 aliphatic carbocycles. The number of unbranched alkanes of at least 4 members (excludes halogenated alkanes) is 10. The van der Waals surface area contributed by atoms with E-state index in [-0.39, 0.29) is 6.42 Å². The molecule has 0 fully saturated rings. The highest BCUT2D eigenvalue weighted by atomic mass is 127. The van der Waals surface area contributed by atoms with Gasteiger partial charge in [0.15, 0.2) is 0 Å². The maximum atomic E-state index is 13.8. The average Bonchev–Trinajstić information content (AvgIpc) is 2.64. The Morgan fingerprint density at radius 2 is 0.906 bits per heavy atom.